The summed E-state index contributed by atoms with van der Waals surface area (Å²) in [7, 11) is 4.92. The summed E-state index contributed by atoms with van der Waals surface area (Å²) in [6, 6.07) is 0. The minimum atomic E-state index is 1.18. The van der Waals surface area contributed by atoms with E-state index in [9.17, 15) is 0 Å². The molecule has 0 aliphatic heterocycles. The third kappa shape index (κ3) is 30.7. The number of hydrogen-bond donors (Lipinski definition) is 0. The van der Waals surface area contributed by atoms with Crippen LogP contribution in [-0.4, -0.2) is 37.0 Å². The molecule has 0 bridgehead atoms. The molecule has 218 valence electrons. The summed E-state index contributed by atoms with van der Waals surface area (Å²) >= 11 is 3.52. The highest BCUT2D eigenvalue weighted by molar-refractivity contribution is 9.09. The van der Waals surface area contributed by atoms with Crippen LogP contribution >= 0.6 is 15.9 Å². The van der Waals surface area contributed by atoms with Gasteiger partial charge in [0, 0.05) is 5.33 Å². The number of rotatable bonds is 31. The third-order valence-corrected chi connectivity index (χ3v) is 8.82. The Hall–Kier alpha value is 0.440. The van der Waals surface area contributed by atoms with E-state index in [0.717, 1.165) is 0 Å². The largest absolute Gasteiger partial charge is 0.328 e. The molecule has 0 aromatic carbocycles. The maximum atomic E-state index is 3.52. The van der Waals surface area contributed by atoms with E-state index in [1.54, 1.807) is 0 Å². The molecular formula is C34H71BrN+. The van der Waals surface area contributed by atoms with Crippen LogP contribution in [0.15, 0.2) is 0 Å². The van der Waals surface area contributed by atoms with Gasteiger partial charge in [-0.15, -0.1) is 0 Å². The summed E-state index contributed by atoms with van der Waals surface area (Å²) in [5.74, 6) is 0. The van der Waals surface area contributed by atoms with Crippen molar-refractivity contribution in [2.75, 3.05) is 32.5 Å². The molecule has 2 heteroatoms. The number of quaternary nitrogens is 1. The highest BCUT2D eigenvalue weighted by Gasteiger charge is 2.13. The molecule has 0 fully saturated rings. The minimum absolute atomic E-state index is 1.18. The molecule has 0 saturated carbocycles. The smallest absolute Gasteiger partial charge is 0.0782 e. The SMILES string of the molecule is CCCCCCCCCCCCCCCC[N+](C)(C)CCCCCCCCCCCCCCCCBr. The molecular weight excluding hydrogens is 502 g/mol. The summed E-state index contributed by atoms with van der Waals surface area (Å²) in [6.45, 7) is 5.07. The topological polar surface area (TPSA) is 0 Å². The third-order valence-electron chi connectivity index (χ3n) is 8.26. The summed E-state index contributed by atoms with van der Waals surface area (Å²) in [5, 5.41) is 1.18. The van der Waals surface area contributed by atoms with E-state index in [-0.39, 0.29) is 0 Å². The standard InChI is InChI=1S/C34H71BrN/c1-4-5-6-7-8-9-10-11-15-18-21-24-27-30-33-36(2,3)34-31-28-25-22-19-16-13-12-14-17-20-23-26-29-32-35/h4-34H2,1-3H3/q+1. The maximum absolute atomic E-state index is 3.52. The van der Waals surface area contributed by atoms with Crippen LogP contribution in [0.3, 0.4) is 0 Å². The van der Waals surface area contributed by atoms with Gasteiger partial charge in [-0.25, -0.2) is 0 Å². The van der Waals surface area contributed by atoms with Crippen LogP contribution in [-0.2, 0) is 0 Å². The predicted octanol–water partition coefficient (Wildman–Crippen LogP) is 12.4. The second kappa shape index (κ2) is 30.0. The zero-order valence-corrected chi connectivity index (χ0v) is 27.3. The van der Waals surface area contributed by atoms with Crippen molar-refractivity contribution in [2.24, 2.45) is 0 Å². The summed E-state index contributed by atoms with van der Waals surface area (Å²) < 4.78 is 1.24. The fourth-order valence-corrected chi connectivity index (χ4v) is 6.00. The first-order valence-electron chi connectivity index (χ1n) is 17.0. The van der Waals surface area contributed by atoms with E-state index in [4.69, 9.17) is 0 Å². The van der Waals surface area contributed by atoms with E-state index >= 15 is 0 Å². The monoisotopic (exact) mass is 572 g/mol. The molecule has 0 aliphatic carbocycles. The molecule has 0 saturated heterocycles. The highest BCUT2D eigenvalue weighted by Crippen LogP contribution is 2.16. The number of alkyl halides is 1. The lowest BCUT2D eigenvalue weighted by atomic mass is 10.0. The highest BCUT2D eigenvalue weighted by atomic mass is 79.9. The fraction of sp³-hybridized carbons (Fsp3) is 1.00. The number of unbranched alkanes of at least 4 members (excludes halogenated alkanes) is 26. The Morgan fingerprint density at radius 2 is 0.556 bits per heavy atom. The van der Waals surface area contributed by atoms with Crippen LogP contribution in [0.4, 0.5) is 0 Å². The van der Waals surface area contributed by atoms with Crippen molar-refractivity contribution in [3.05, 3.63) is 0 Å². The van der Waals surface area contributed by atoms with Gasteiger partial charge in [0.15, 0.2) is 0 Å². The molecule has 0 aromatic heterocycles. The van der Waals surface area contributed by atoms with E-state index in [1.807, 2.05) is 0 Å². The number of nitrogens with zero attached hydrogens (tertiary/aromatic N) is 1. The van der Waals surface area contributed by atoms with Crippen molar-refractivity contribution in [3.63, 3.8) is 0 Å². The van der Waals surface area contributed by atoms with E-state index in [1.165, 1.54) is 203 Å². The van der Waals surface area contributed by atoms with Gasteiger partial charge in [-0.1, -0.05) is 171 Å². The average molecular weight is 574 g/mol. The fourth-order valence-electron chi connectivity index (χ4n) is 5.60. The van der Waals surface area contributed by atoms with Crippen LogP contribution in [0.5, 0.6) is 0 Å². The molecule has 0 aromatic rings. The Labute approximate surface area is 239 Å². The van der Waals surface area contributed by atoms with Gasteiger partial charge in [0.1, 0.15) is 0 Å². The summed E-state index contributed by atoms with van der Waals surface area (Å²) in [6.07, 6.45) is 40.8. The van der Waals surface area contributed by atoms with Gasteiger partial charge in [0.05, 0.1) is 27.2 Å². The Balaban J connectivity index is 3.27. The van der Waals surface area contributed by atoms with Gasteiger partial charge in [-0.2, -0.15) is 0 Å². The van der Waals surface area contributed by atoms with Gasteiger partial charge >= 0.3 is 0 Å². The molecule has 36 heavy (non-hydrogen) atoms. The predicted molar refractivity (Wildman–Crippen MR) is 171 cm³/mol. The van der Waals surface area contributed by atoms with Gasteiger partial charge in [-0.05, 0) is 32.1 Å². The summed E-state index contributed by atoms with van der Waals surface area (Å²) in [5.41, 5.74) is 0. The van der Waals surface area contributed by atoms with E-state index in [2.05, 4.69) is 36.9 Å². The van der Waals surface area contributed by atoms with Crippen molar-refractivity contribution < 1.29 is 4.48 Å². The molecule has 0 unspecified atom stereocenters. The molecule has 0 heterocycles. The molecule has 0 spiro atoms. The number of halogens is 1. The van der Waals surface area contributed by atoms with Crippen LogP contribution in [0.1, 0.15) is 187 Å². The zero-order chi connectivity index (χ0) is 26.4. The minimum Gasteiger partial charge on any atom is -0.328 e. The van der Waals surface area contributed by atoms with Crippen molar-refractivity contribution in [1.82, 2.24) is 0 Å². The molecule has 0 amide bonds. The van der Waals surface area contributed by atoms with Crippen LogP contribution < -0.4 is 0 Å². The second-order valence-electron chi connectivity index (χ2n) is 12.6. The van der Waals surface area contributed by atoms with Crippen molar-refractivity contribution >= 4 is 15.9 Å². The Morgan fingerprint density at radius 1 is 0.333 bits per heavy atom. The molecule has 1 nitrogen and oxygen atoms in total. The first-order valence-corrected chi connectivity index (χ1v) is 18.1. The van der Waals surface area contributed by atoms with Crippen LogP contribution in [0.25, 0.3) is 0 Å². The summed E-state index contributed by atoms with van der Waals surface area (Å²) in [4.78, 5) is 0. The quantitative estimate of drug-likeness (QED) is 0.0439. The van der Waals surface area contributed by atoms with Crippen molar-refractivity contribution in [1.29, 1.82) is 0 Å². The lowest BCUT2D eigenvalue weighted by Gasteiger charge is -2.30. The van der Waals surface area contributed by atoms with E-state index in [0.29, 0.717) is 0 Å². The van der Waals surface area contributed by atoms with Gasteiger partial charge < -0.3 is 4.48 Å². The Kier molecular flexibility index (Phi) is 30.4. The molecule has 0 atom stereocenters. The van der Waals surface area contributed by atoms with Crippen LogP contribution in [0, 0.1) is 0 Å². The molecule has 0 rings (SSSR count). The maximum Gasteiger partial charge on any atom is 0.0782 e. The van der Waals surface area contributed by atoms with Gasteiger partial charge in [0.25, 0.3) is 0 Å². The zero-order valence-electron chi connectivity index (χ0n) is 25.7. The van der Waals surface area contributed by atoms with Gasteiger partial charge in [0.2, 0.25) is 0 Å². The van der Waals surface area contributed by atoms with Gasteiger partial charge in [-0.3, -0.25) is 0 Å². The second-order valence-corrected chi connectivity index (χ2v) is 13.4. The molecule has 0 aliphatic rings. The first kappa shape index (κ1) is 36.4. The van der Waals surface area contributed by atoms with Crippen molar-refractivity contribution in [3.8, 4) is 0 Å². The van der Waals surface area contributed by atoms with E-state index < -0.39 is 0 Å². The van der Waals surface area contributed by atoms with Crippen molar-refractivity contribution in [2.45, 2.75) is 187 Å². The normalized spacial score (nSPS) is 12.0. The Morgan fingerprint density at radius 3 is 0.806 bits per heavy atom. The average Bonchev–Trinajstić information content (AvgIpc) is 2.86. The van der Waals surface area contributed by atoms with Crippen LogP contribution in [0.2, 0.25) is 0 Å². The first-order chi connectivity index (χ1) is 17.6. The molecule has 0 N–H and O–H groups in total. The Bertz CT molecular complexity index is 395. The number of hydrogen-bond acceptors (Lipinski definition) is 0. The molecule has 0 radical (unpaired) electrons. The lowest BCUT2D eigenvalue weighted by Crippen LogP contribution is -2.41. The lowest BCUT2D eigenvalue weighted by molar-refractivity contribution is -0.890.